The van der Waals surface area contributed by atoms with Crippen LogP contribution in [0.4, 0.5) is 5.82 Å². The van der Waals surface area contributed by atoms with Gasteiger partial charge < -0.3 is 14.7 Å². The van der Waals surface area contributed by atoms with Gasteiger partial charge in [0.15, 0.2) is 0 Å². The monoisotopic (exact) mass is 316 g/mol. The molecule has 1 saturated heterocycles. The summed E-state index contributed by atoms with van der Waals surface area (Å²) in [5.74, 6) is -0.757. The van der Waals surface area contributed by atoms with E-state index in [-0.39, 0.29) is 21.3 Å². The maximum atomic E-state index is 11.4. The van der Waals surface area contributed by atoms with Crippen molar-refractivity contribution in [2.24, 2.45) is 0 Å². The van der Waals surface area contributed by atoms with Gasteiger partial charge in [-0.1, -0.05) is 23.2 Å². The van der Waals surface area contributed by atoms with Crippen LogP contribution >= 0.6 is 23.2 Å². The molecule has 108 valence electrons. The number of aromatic nitrogens is 1. The van der Waals surface area contributed by atoms with Gasteiger partial charge in [-0.2, -0.15) is 0 Å². The first-order valence-electron chi connectivity index (χ1n) is 6.49. The molecule has 1 aromatic rings. The van der Waals surface area contributed by atoms with Gasteiger partial charge in [-0.15, -0.1) is 0 Å². The van der Waals surface area contributed by atoms with Crippen LogP contribution in [0.3, 0.4) is 0 Å². The third-order valence-electron chi connectivity index (χ3n) is 3.95. The van der Waals surface area contributed by atoms with Gasteiger partial charge in [0, 0.05) is 13.1 Å². The summed E-state index contributed by atoms with van der Waals surface area (Å²) < 4.78 is 5.83. The molecule has 3 rings (SSSR count). The highest BCUT2D eigenvalue weighted by Crippen LogP contribution is 2.40. The van der Waals surface area contributed by atoms with Gasteiger partial charge in [0.05, 0.1) is 17.2 Å². The lowest BCUT2D eigenvalue weighted by atomic mass is 9.79. The zero-order valence-electron chi connectivity index (χ0n) is 10.7. The average molecular weight is 317 g/mol. The highest BCUT2D eigenvalue weighted by Gasteiger charge is 2.43. The minimum absolute atomic E-state index is 0.00689. The summed E-state index contributed by atoms with van der Waals surface area (Å²) in [6.45, 7) is 1.79. The van der Waals surface area contributed by atoms with Crippen molar-refractivity contribution >= 4 is 35.0 Å². The molecule has 2 aliphatic rings. The highest BCUT2D eigenvalue weighted by atomic mass is 35.5. The Bertz CT molecular complexity index is 561. The molecule has 1 aliphatic carbocycles. The molecule has 5 nitrogen and oxygen atoms in total. The highest BCUT2D eigenvalue weighted by molar-refractivity contribution is 6.36. The van der Waals surface area contributed by atoms with Gasteiger partial charge in [-0.05, 0) is 25.3 Å². The number of pyridine rings is 1. The molecule has 1 saturated carbocycles. The van der Waals surface area contributed by atoms with E-state index in [1.54, 1.807) is 0 Å². The summed E-state index contributed by atoms with van der Waals surface area (Å²) in [6.07, 6.45) is 3.14. The van der Waals surface area contributed by atoms with Crippen molar-refractivity contribution in [3.05, 3.63) is 21.8 Å². The molecule has 7 heteroatoms. The number of morpholine rings is 1. The first-order chi connectivity index (χ1) is 9.51. The Balaban J connectivity index is 1.98. The molecule has 0 atom stereocenters. The van der Waals surface area contributed by atoms with Gasteiger partial charge in [0.25, 0.3) is 0 Å². The van der Waals surface area contributed by atoms with Crippen LogP contribution in [0.15, 0.2) is 6.07 Å². The second-order valence-corrected chi connectivity index (χ2v) is 6.03. The molecule has 0 amide bonds. The number of carboxylic acids is 1. The van der Waals surface area contributed by atoms with Crippen molar-refractivity contribution in [3.8, 4) is 0 Å². The van der Waals surface area contributed by atoms with E-state index in [1.807, 2.05) is 4.90 Å². The molecule has 2 fully saturated rings. The Morgan fingerprint density at radius 2 is 2.20 bits per heavy atom. The molecule has 0 unspecified atom stereocenters. The van der Waals surface area contributed by atoms with Crippen LogP contribution in [0.2, 0.25) is 10.2 Å². The largest absolute Gasteiger partial charge is 0.478 e. The fourth-order valence-corrected chi connectivity index (χ4v) is 3.31. The van der Waals surface area contributed by atoms with Crippen LogP contribution in [-0.2, 0) is 4.74 Å². The Morgan fingerprint density at radius 1 is 1.45 bits per heavy atom. The number of aromatic carboxylic acids is 1. The van der Waals surface area contributed by atoms with Crippen molar-refractivity contribution in [3.63, 3.8) is 0 Å². The molecule has 2 heterocycles. The quantitative estimate of drug-likeness (QED) is 0.850. The normalized spacial score (nSPS) is 20.8. The molecule has 20 heavy (non-hydrogen) atoms. The molecule has 1 N–H and O–H groups in total. The van der Waals surface area contributed by atoms with E-state index in [9.17, 15) is 9.90 Å². The molecular formula is C13H14Cl2N2O3. The summed E-state index contributed by atoms with van der Waals surface area (Å²) in [4.78, 5) is 17.5. The summed E-state index contributed by atoms with van der Waals surface area (Å²) in [6, 6.07) is 1.36. The second-order valence-electron chi connectivity index (χ2n) is 5.24. The number of halogens is 2. The number of ether oxygens (including phenoxy) is 1. The number of hydrogen-bond donors (Lipinski definition) is 1. The number of anilines is 1. The lowest BCUT2D eigenvalue weighted by Crippen LogP contribution is -2.56. The van der Waals surface area contributed by atoms with Crippen LogP contribution < -0.4 is 4.90 Å². The Labute approximate surface area is 126 Å². The summed E-state index contributed by atoms with van der Waals surface area (Å²) in [7, 11) is 0. The lowest BCUT2D eigenvalue weighted by molar-refractivity contribution is -0.106. The summed E-state index contributed by atoms with van der Waals surface area (Å²) >= 11 is 11.9. The zero-order chi connectivity index (χ0) is 14.3. The number of carboxylic acid groups (broad SMARTS) is 1. The predicted octanol–water partition coefficient (Wildman–Crippen LogP) is 2.85. The molecule has 1 aromatic heterocycles. The van der Waals surface area contributed by atoms with E-state index in [0.29, 0.717) is 25.5 Å². The van der Waals surface area contributed by atoms with Crippen molar-refractivity contribution in [2.75, 3.05) is 24.6 Å². The van der Waals surface area contributed by atoms with Crippen LogP contribution in [-0.4, -0.2) is 41.4 Å². The Morgan fingerprint density at radius 3 is 2.80 bits per heavy atom. The third-order valence-corrected chi connectivity index (χ3v) is 4.44. The fourth-order valence-electron chi connectivity index (χ4n) is 2.80. The van der Waals surface area contributed by atoms with Crippen molar-refractivity contribution in [1.82, 2.24) is 4.98 Å². The van der Waals surface area contributed by atoms with E-state index >= 15 is 0 Å². The van der Waals surface area contributed by atoms with E-state index in [4.69, 9.17) is 27.9 Å². The van der Waals surface area contributed by atoms with Gasteiger partial charge in [-0.3, -0.25) is 0 Å². The van der Waals surface area contributed by atoms with E-state index in [2.05, 4.69) is 4.98 Å². The van der Waals surface area contributed by atoms with Crippen molar-refractivity contribution in [2.45, 2.75) is 24.9 Å². The van der Waals surface area contributed by atoms with Crippen LogP contribution in [0.25, 0.3) is 0 Å². The zero-order valence-corrected chi connectivity index (χ0v) is 12.2. The second kappa shape index (κ2) is 5.06. The number of hydrogen-bond acceptors (Lipinski definition) is 4. The Hall–Kier alpha value is -1.04. The fraction of sp³-hybridized carbons (Fsp3) is 0.538. The smallest absolute Gasteiger partial charge is 0.341 e. The summed E-state index contributed by atoms with van der Waals surface area (Å²) in [5, 5.41) is 9.65. The maximum Gasteiger partial charge on any atom is 0.341 e. The lowest BCUT2D eigenvalue weighted by Gasteiger charge is -2.48. The van der Waals surface area contributed by atoms with Crippen LogP contribution in [0.5, 0.6) is 0 Å². The van der Waals surface area contributed by atoms with Crippen LogP contribution in [0.1, 0.15) is 29.6 Å². The molecular weight excluding hydrogens is 303 g/mol. The third kappa shape index (κ3) is 2.34. The average Bonchev–Trinajstić information content (AvgIpc) is 2.35. The maximum absolute atomic E-state index is 11.4. The standard InChI is InChI=1S/C13H14Cl2N2O3/c14-8-6-9(15)16-11(10(8)12(18)19)17-4-5-20-13(7-17)2-1-3-13/h6H,1-5,7H2,(H,18,19). The minimum Gasteiger partial charge on any atom is -0.478 e. The predicted molar refractivity (Wildman–Crippen MR) is 76.0 cm³/mol. The number of rotatable bonds is 2. The van der Waals surface area contributed by atoms with Gasteiger partial charge in [0.1, 0.15) is 16.5 Å². The molecule has 0 aromatic carbocycles. The molecule has 0 radical (unpaired) electrons. The van der Waals surface area contributed by atoms with Crippen LogP contribution in [0, 0.1) is 0 Å². The van der Waals surface area contributed by atoms with Gasteiger partial charge in [-0.25, -0.2) is 9.78 Å². The molecule has 1 spiro atoms. The SMILES string of the molecule is O=C(O)c1c(Cl)cc(Cl)nc1N1CCOC2(CCC2)C1. The molecule has 1 aliphatic heterocycles. The van der Waals surface area contributed by atoms with Crippen molar-refractivity contribution < 1.29 is 14.6 Å². The Kier molecular flexibility index (Phi) is 3.52. The van der Waals surface area contributed by atoms with Gasteiger partial charge in [0.2, 0.25) is 0 Å². The number of nitrogens with zero attached hydrogens (tertiary/aromatic N) is 2. The minimum atomic E-state index is -1.09. The van der Waals surface area contributed by atoms with E-state index in [1.165, 1.54) is 6.07 Å². The summed E-state index contributed by atoms with van der Waals surface area (Å²) in [5.41, 5.74) is -0.141. The first-order valence-corrected chi connectivity index (χ1v) is 7.25. The van der Waals surface area contributed by atoms with Crippen molar-refractivity contribution in [1.29, 1.82) is 0 Å². The van der Waals surface area contributed by atoms with E-state index in [0.717, 1.165) is 19.3 Å². The number of carbonyl (C=O) groups is 1. The van der Waals surface area contributed by atoms with Gasteiger partial charge >= 0.3 is 5.97 Å². The van der Waals surface area contributed by atoms with E-state index < -0.39 is 5.97 Å². The molecule has 0 bridgehead atoms. The first kappa shape index (κ1) is 13.9. The topological polar surface area (TPSA) is 62.7 Å².